The summed E-state index contributed by atoms with van der Waals surface area (Å²) in [5.74, 6) is -1.64. The molecule has 0 radical (unpaired) electrons. The molecule has 1 heterocycles. The molecule has 4 nitrogen and oxygen atoms in total. The number of ether oxygens (including phenoxy) is 2. The Bertz CT molecular complexity index is 323. The molecule has 0 unspecified atom stereocenters. The second-order valence-corrected chi connectivity index (χ2v) is 3.40. The van der Waals surface area contributed by atoms with Crippen molar-refractivity contribution in [1.82, 2.24) is 0 Å². The Balaban J connectivity index is 2.86. The quantitative estimate of drug-likeness (QED) is 0.735. The van der Waals surface area contributed by atoms with E-state index in [1.165, 1.54) is 6.92 Å². The molecule has 1 aliphatic heterocycles. The monoisotopic (exact) mass is 240 g/mol. The van der Waals surface area contributed by atoms with E-state index in [-0.39, 0.29) is 6.61 Å². The lowest BCUT2D eigenvalue weighted by Crippen LogP contribution is -2.50. The topological polar surface area (TPSA) is 55.8 Å². The standard InChI is InChI=1S/C9H11F3O4/c1-3-15-7(14)5-4-6(13)8(2,16-5)9(10,11)12/h4,6,13H,3H2,1-2H3/t6-,8+/m0/s1. The van der Waals surface area contributed by atoms with Gasteiger partial charge >= 0.3 is 12.1 Å². The first-order valence-electron chi connectivity index (χ1n) is 4.55. The van der Waals surface area contributed by atoms with E-state index in [0.717, 1.165) is 0 Å². The average Bonchev–Trinajstić information content (AvgIpc) is 2.44. The van der Waals surface area contributed by atoms with Gasteiger partial charge in [-0.2, -0.15) is 13.2 Å². The molecule has 16 heavy (non-hydrogen) atoms. The first-order valence-corrected chi connectivity index (χ1v) is 4.55. The minimum atomic E-state index is -4.78. The van der Waals surface area contributed by atoms with E-state index in [1.54, 1.807) is 0 Å². The molecule has 0 saturated heterocycles. The summed E-state index contributed by atoms with van der Waals surface area (Å²) in [7, 11) is 0. The van der Waals surface area contributed by atoms with E-state index < -0.39 is 29.6 Å². The zero-order valence-corrected chi connectivity index (χ0v) is 8.67. The van der Waals surface area contributed by atoms with Gasteiger partial charge < -0.3 is 14.6 Å². The minimum absolute atomic E-state index is 0.0123. The zero-order chi connectivity index (χ0) is 12.6. The van der Waals surface area contributed by atoms with Gasteiger partial charge in [-0.25, -0.2) is 4.79 Å². The Morgan fingerprint density at radius 2 is 2.25 bits per heavy atom. The van der Waals surface area contributed by atoms with Crippen LogP contribution in [0.2, 0.25) is 0 Å². The van der Waals surface area contributed by atoms with Crippen molar-refractivity contribution in [2.75, 3.05) is 6.61 Å². The normalized spacial score (nSPS) is 29.6. The maximum Gasteiger partial charge on any atom is 0.430 e. The van der Waals surface area contributed by atoms with E-state index in [0.29, 0.717) is 13.0 Å². The van der Waals surface area contributed by atoms with Crippen molar-refractivity contribution in [2.45, 2.75) is 31.7 Å². The Kier molecular flexibility index (Phi) is 3.18. The van der Waals surface area contributed by atoms with Crippen molar-refractivity contribution in [3.05, 3.63) is 11.8 Å². The number of alkyl halides is 3. The first kappa shape index (κ1) is 12.8. The molecule has 7 heteroatoms. The Morgan fingerprint density at radius 3 is 2.62 bits per heavy atom. The van der Waals surface area contributed by atoms with Gasteiger partial charge in [0.25, 0.3) is 0 Å². The second kappa shape index (κ2) is 3.97. The Morgan fingerprint density at radius 1 is 1.69 bits per heavy atom. The first-order chi connectivity index (χ1) is 7.22. The van der Waals surface area contributed by atoms with Crippen LogP contribution in [0.25, 0.3) is 0 Å². The van der Waals surface area contributed by atoms with Crippen LogP contribution in [0.3, 0.4) is 0 Å². The van der Waals surface area contributed by atoms with Gasteiger partial charge in [-0.3, -0.25) is 0 Å². The van der Waals surface area contributed by atoms with Crippen molar-refractivity contribution in [3.8, 4) is 0 Å². The lowest BCUT2D eigenvalue weighted by atomic mass is 10.0. The van der Waals surface area contributed by atoms with Crippen LogP contribution in [0, 0.1) is 0 Å². The SMILES string of the molecule is CCOC(=O)C1=C[C@H](O)[C@](C)(C(F)(F)F)O1. The van der Waals surface area contributed by atoms with Crippen LogP contribution < -0.4 is 0 Å². The smallest absolute Gasteiger partial charge is 0.430 e. The summed E-state index contributed by atoms with van der Waals surface area (Å²) in [6.07, 6.45) is -6.00. The summed E-state index contributed by atoms with van der Waals surface area (Å²) in [6, 6.07) is 0. The number of carbonyl (C=O) groups excluding carboxylic acids is 1. The average molecular weight is 240 g/mol. The molecule has 0 bridgehead atoms. The molecule has 0 spiro atoms. The van der Waals surface area contributed by atoms with Crippen LogP contribution in [0.5, 0.6) is 0 Å². The van der Waals surface area contributed by atoms with E-state index in [2.05, 4.69) is 9.47 Å². The number of aliphatic hydroxyl groups is 1. The molecule has 0 aliphatic carbocycles. The zero-order valence-electron chi connectivity index (χ0n) is 8.67. The van der Waals surface area contributed by atoms with Crippen LogP contribution in [-0.2, 0) is 14.3 Å². The van der Waals surface area contributed by atoms with E-state index in [1.807, 2.05) is 0 Å². The van der Waals surface area contributed by atoms with E-state index >= 15 is 0 Å². The van der Waals surface area contributed by atoms with E-state index in [4.69, 9.17) is 0 Å². The molecule has 0 amide bonds. The molecular weight excluding hydrogens is 229 g/mol. The lowest BCUT2D eigenvalue weighted by molar-refractivity contribution is -0.272. The number of hydrogen-bond acceptors (Lipinski definition) is 4. The molecule has 0 fully saturated rings. The molecule has 1 N–H and O–H groups in total. The van der Waals surface area contributed by atoms with Crippen LogP contribution in [-0.4, -0.2) is 35.6 Å². The molecule has 0 aromatic heterocycles. The Hall–Kier alpha value is -1.24. The highest BCUT2D eigenvalue weighted by molar-refractivity contribution is 5.87. The molecule has 1 rings (SSSR count). The number of hydrogen-bond donors (Lipinski definition) is 1. The predicted octanol–water partition coefficient (Wildman–Crippen LogP) is 1.15. The Labute approximate surface area is 89.6 Å². The predicted molar refractivity (Wildman–Crippen MR) is 46.3 cm³/mol. The summed E-state index contributed by atoms with van der Waals surface area (Å²) < 4.78 is 46.6. The van der Waals surface area contributed by atoms with Crippen molar-refractivity contribution < 1.29 is 32.5 Å². The number of halogens is 3. The van der Waals surface area contributed by atoms with Crippen molar-refractivity contribution in [3.63, 3.8) is 0 Å². The van der Waals surface area contributed by atoms with Crippen LogP contribution in [0.4, 0.5) is 13.2 Å². The molecule has 2 atom stereocenters. The van der Waals surface area contributed by atoms with Crippen LogP contribution >= 0.6 is 0 Å². The summed E-state index contributed by atoms with van der Waals surface area (Å²) in [4.78, 5) is 11.1. The maximum absolute atomic E-state index is 12.5. The van der Waals surface area contributed by atoms with Gasteiger partial charge in [0.1, 0.15) is 6.10 Å². The molecule has 0 aromatic carbocycles. The number of aliphatic hydroxyl groups excluding tert-OH is 1. The number of esters is 1. The van der Waals surface area contributed by atoms with Gasteiger partial charge in [-0.1, -0.05) is 0 Å². The molecule has 1 aliphatic rings. The number of rotatable bonds is 2. The van der Waals surface area contributed by atoms with E-state index in [9.17, 15) is 23.1 Å². The summed E-state index contributed by atoms with van der Waals surface area (Å²) in [6.45, 7) is 2.19. The summed E-state index contributed by atoms with van der Waals surface area (Å²) >= 11 is 0. The van der Waals surface area contributed by atoms with Gasteiger partial charge in [0.2, 0.25) is 11.4 Å². The number of carbonyl (C=O) groups is 1. The third-order valence-electron chi connectivity index (χ3n) is 2.24. The van der Waals surface area contributed by atoms with Crippen molar-refractivity contribution in [2.24, 2.45) is 0 Å². The van der Waals surface area contributed by atoms with Gasteiger partial charge in [0.15, 0.2) is 0 Å². The molecule has 0 saturated carbocycles. The second-order valence-electron chi connectivity index (χ2n) is 3.40. The fourth-order valence-electron chi connectivity index (χ4n) is 1.16. The fourth-order valence-corrected chi connectivity index (χ4v) is 1.16. The van der Waals surface area contributed by atoms with Gasteiger partial charge in [0, 0.05) is 0 Å². The third kappa shape index (κ3) is 1.99. The maximum atomic E-state index is 12.5. The van der Waals surface area contributed by atoms with Crippen LogP contribution in [0.15, 0.2) is 11.8 Å². The van der Waals surface area contributed by atoms with Gasteiger partial charge in [-0.15, -0.1) is 0 Å². The minimum Gasteiger partial charge on any atom is -0.468 e. The highest BCUT2D eigenvalue weighted by Crippen LogP contribution is 2.42. The fraction of sp³-hybridized carbons (Fsp3) is 0.667. The molecule has 92 valence electrons. The summed E-state index contributed by atoms with van der Waals surface area (Å²) in [5.41, 5.74) is -2.80. The third-order valence-corrected chi connectivity index (χ3v) is 2.24. The molecular formula is C9H11F3O4. The van der Waals surface area contributed by atoms with Gasteiger partial charge in [-0.05, 0) is 19.9 Å². The molecule has 0 aromatic rings. The largest absolute Gasteiger partial charge is 0.468 e. The summed E-state index contributed by atoms with van der Waals surface area (Å²) in [5, 5.41) is 9.24. The lowest BCUT2D eigenvalue weighted by Gasteiger charge is -2.30. The van der Waals surface area contributed by atoms with Crippen molar-refractivity contribution >= 4 is 5.97 Å². The highest BCUT2D eigenvalue weighted by Gasteiger charge is 2.61. The van der Waals surface area contributed by atoms with Crippen LogP contribution in [0.1, 0.15) is 13.8 Å². The highest BCUT2D eigenvalue weighted by atomic mass is 19.4. The van der Waals surface area contributed by atoms with Gasteiger partial charge in [0.05, 0.1) is 6.61 Å². The van der Waals surface area contributed by atoms with Crippen molar-refractivity contribution in [1.29, 1.82) is 0 Å².